The molecule has 7 nitrogen and oxygen atoms in total. The summed E-state index contributed by atoms with van der Waals surface area (Å²) in [4.78, 5) is 30.4. The van der Waals surface area contributed by atoms with Crippen molar-refractivity contribution in [1.29, 1.82) is 0 Å². The Kier molecular flexibility index (Phi) is 7.22. The molecule has 31 heavy (non-hydrogen) atoms. The van der Waals surface area contributed by atoms with Gasteiger partial charge in [-0.3, -0.25) is 14.6 Å². The average molecular weight is 419 g/mol. The first-order chi connectivity index (χ1) is 15.0. The second-order valence-electron chi connectivity index (χ2n) is 7.07. The number of nitrogens with zero attached hydrogens (tertiary/aromatic N) is 2. The lowest BCUT2D eigenvalue weighted by molar-refractivity contribution is -0.119. The van der Waals surface area contributed by atoms with Crippen molar-refractivity contribution in [2.45, 2.75) is 20.0 Å². The van der Waals surface area contributed by atoms with Crippen LogP contribution in [0.1, 0.15) is 27.0 Å². The zero-order valence-electron chi connectivity index (χ0n) is 17.6. The zero-order valence-corrected chi connectivity index (χ0v) is 17.6. The highest BCUT2D eigenvalue weighted by atomic mass is 16.5. The fourth-order valence-corrected chi connectivity index (χ4v) is 3.16. The van der Waals surface area contributed by atoms with E-state index >= 15 is 0 Å². The standard InChI is InChI=1S/C24H25N3O4/c1-17-6-3-4-8-20(17)15-27(14-18-7-5-11-26-13-18)24(29)19-9-10-21(22(12-19)30-2)31-16-23(25)28/h3-13H,14-16H2,1-2H3,(H2,25,28). The molecule has 0 aliphatic carbocycles. The lowest BCUT2D eigenvalue weighted by Gasteiger charge is -2.24. The minimum atomic E-state index is -0.594. The van der Waals surface area contributed by atoms with Crippen LogP contribution in [0.15, 0.2) is 67.0 Å². The highest BCUT2D eigenvalue weighted by molar-refractivity contribution is 5.95. The number of aryl methyl sites for hydroxylation is 1. The number of carbonyl (C=O) groups excluding carboxylic acids is 2. The number of carbonyl (C=O) groups is 2. The van der Waals surface area contributed by atoms with Crippen LogP contribution in [-0.2, 0) is 17.9 Å². The summed E-state index contributed by atoms with van der Waals surface area (Å²) in [6.07, 6.45) is 3.45. The van der Waals surface area contributed by atoms with Gasteiger partial charge in [0.2, 0.25) is 0 Å². The highest BCUT2D eigenvalue weighted by Crippen LogP contribution is 2.29. The van der Waals surface area contributed by atoms with Gasteiger partial charge < -0.3 is 20.1 Å². The topological polar surface area (TPSA) is 94.8 Å². The highest BCUT2D eigenvalue weighted by Gasteiger charge is 2.20. The predicted octanol–water partition coefficient (Wildman–Crippen LogP) is 3.11. The average Bonchev–Trinajstić information content (AvgIpc) is 2.78. The van der Waals surface area contributed by atoms with E-state index in [1.807, 2.05) is 43.3 Å². The van der Waals surface area contributed by atoms with Crippen LogP contribution in [0.4, 0.5) is 0 Å². The first kappa shape index (κ1) is 21.8. The Morgan fingerprint density at radius 1 is 1.03 bits per heavy atom. The lowest BCUT2D eigenvalue weighted by Crippen LogP contribution is -2.30. The number of ether oxygens (including phenoxy) is 2. The molecule has 0 saturated carbocycles. The van der Waals surface area contributed by atoms with Gasteiger partial charge in [0, 0.05) is 31.0 Å². The second-order valence-corrected chi connectivity index (χ2v) is 7.07. The van der Waals surface area contributed by atoms with Gasteiger partial charge in [-0.25, -0.2) is 0 Å². The third kappa shape index (κ3) is 5.82. The molecule has 0 aliphatic rings. The molecule has 0 saturated heterocycles. The van der Waals surface area contributed by atoms with Crippen LogP contribution in [-0.4, -0.2) is 35.4 Å². The number of pyridine rings is 1. The van der Waals surface area contributed by atoms with E-state index in [9.17, 15) is 9.59 Å². The van der Waals surface area contributed by atoms with Crippen LogP contribution in [0.3, 0.4) is 0 Å². The normalized spacial score (nSPS) is 10.4. The largest absolute Gasteiger partial charge is 0.493 e. The molecule has 0 aliphatic heterocycles. The summed E-state index contributed by atoms with van der Waals surface area (Å²) in [7, 11) is 1.47. The van der Waals surface area contributed by atoms with E-state index < -0.39 is 5.91 Å². The summed E-state index contributed by atoms with van der Waals surface area (Å²) in [5.41, 5.74) is 8.68. The van der Waals surface area contributed by atoms with Crippen LogP contribution in [0, 0.1) is 6.92 Å². The van der Waals surface area contributed by atoms with E-state index in [4.69, 9.17) is 15.2 Å². The number of hydrogen-bond donors (Lipinski definition) is 1. The Labute approximate surface area is 181 Å². The molecule has 0 unspecified atom stereocenters. The molecule has 3 rings (SSSR count). The van der Waals surface area contributed by atoms with E-state index in [2.05, 4.69) is 4.98 Å². The SMILES string of the molecule is COc1cc(C(=O)N(Cc2cccnc2)Cc2ccccc2C)ccc1OCC(N)=O. The van der Waals surface area contributed by atoms with Crippen LogP contribution in [0.5, 0.6) is 11.5 Å². The van der Waals surface area contributed by atoms with E-state index in [1.165, 1.54) is 7.11 Å². The van der Waals surface area contributed by atoms with Crippen LogP contribution in [0.25, 0.3) is 0 Å². The molecule has 1 aromatic heterocycles. The Balaban J connectivity index is 1.89. The first-order valence-electron chi connectivity index (χ1n) is 9.79. The van der Waals surface area contributed by atoms with Gasteiger partial charge in [0.05, 0.1) is 7.11 Å². The maximum Gasteiger partial charge on any atom is 0.255 e. The summed E-state index contributed by atoms with van der Waals surface area (Å²) >= 11 is 0. The third-order valence-electron chi connectivity index (χ3n) is 4.79. The van der Waals surface area contributed by atoms with Crippen molar-refractivity contribution in [3.63, 3.8) is 0 Å². The number of hydrogen-bond acceptors (Lipinski definition) is 5. The summed E-state index contributed by atoms with van der Waals surface area (Å²) < 4.78 is 10.7. The van der Waals surface area contributed by atoms with Gasteiger partial charge in [-0.05, 0) is 47.9 Å². The molecule has 0 bridgehead atoms. The summed E-state index contributed by atoms with van der Waals surface area (Å²) in [5, 5.41) is 0. The Hall–Kier alpha value is -3.87. The first-order valence-corrected chi connectivity index (χ1v) is 9.79. The minimum Gasteiger partial charge on any atom is -0.493 e. The number of amides is 2. The summed E-state index contributed by atoms with van der Waals surface area (Å²) in [5.74, 6) is -0.0603. The number of primary amides is 1. The van der Waals surface area contributed by atoms with Crippen LogP contribution < -0.4 is 15.2 Å². The van der Waals surface area contributed by atoms with Gasteiger partial charge in [-0.2, -0.15) is 0 Å². The second kappa shape index (κ2) is 10.2. The molecular formula is C24H25N3O4. The van der Waals surface area contributed by atoms with E-state index in [0.717, 1.165) is 16.7 Å². The molecule has 0 spiro atoms. The molecule has 2 aromatic carbocycles. The lowest BCUT2D eigenvalue weighted by atomic mass is 10.1. The molecule has 160 valence electrons. The smallest absolute Gasteiger partial charge is 0.255 e. The molecule has 0 fully saturated rings. The van der Waals surface area contributed by atoms with Crippen molar-refractivity contribution in [3.8, 4) is 11.5 Å². The van der Waals surface area contributed by atoms with Crippen molar-refractivity contribution >= 4 is 11.8 Å². The number of nitrogens with two attached hydrogens (primary N) is 1. The fraction of sp³-hybridized carbons (Fsp3) is 0.208. The van der Waals surface area contributed by atoms with E-state index in [1.54, 1.807) is 35.5 Å². The van der Waals surface area contributed by atoms with Crippen molar-refractivity contribution in [2.75, 3.05) is 13.7 Å². The molecule has 3 aromatic rings. The van der Waals surface area contributed by atoms with Gasteiger partial charge in [0.25, 0.3) is 11.8 Å². The molecule has 0 atom stereocenters. The van der Waals surface area contributed by atoms with Gasteiger partial charge in [-0.1, -0.05) is 30.3 Å². The van der Waals surface area contributed by atoms with Crippen molar-refractivity contribution < 1.29 is 19.1 Å². The summed E-state index contributed by atoms with van der Waals surface area (Å²) in [6.45, 7) is 2.60. The van der Waals surface area contributed by atoms with Crippen LogP contribution in [0.2, 0.25) is 0 Å². The molecule has 2 N–H and O–H groups in total. The number of rotatable bonds is 9. The van der Waals surface area contributed by atoms with Gasteiger partial charge in [-0.15, -0.1) is 0 Å². The van der Waals surface area contributed by atoms with Crippen molar-refractivity contribution in [2.24, 2.45) is 5.73 Å². The van der Waals surface area contributed by atoms with Gasteiger partial charge in [0.1, 0.15) is 0 Å². The van der Waals surface area contributed by atoms with Gasteiger partial charge in [0.15, 0.2) is 18.1 Å². The minimum absolute atomic E-state index is 0.160. The Morgan fingerprint density at radius 2 is 1.84 bits per heavy atom. The Bertz CT molecular complexity index is 1050. The number of benzene rings is 2. The van der Waals surface area contributed by atoms with E-state index in [0.29, 0.717) is 30.2 Å². The predicted molar refractivity (Wildman–Crippen MR) is 117 cm³/mol. The molecule has 2 amide bonds. The monoisotopic (exact) mass is 419 g/mol. The quantitative estimate of drug-likeness (QED) is 0.575. The zero-order chi connectivity index (χ0) is 22.2. The number of methoxy groups -OCH3 is 1. The molecular weight excluding hydrogens is 394 g/mol. The maximum absolute atomic E-state index is 13.4. The molecule has 7 heteroatoms. The Morgan fingerprint density at radius 3 is 2.52 bits per heavy atom. The fourth-order valence-electron chi connectivity index (χ4n) is 3.16. The molecule has 1 heterocycles. The van der Waals surface area contributed by atoms with Crippen molar-refractivity contribution in [3.05, 3.63) is 89.2 Å². The van der Waals surface area contributed by atoms with Gasteiger partial charge >= 0.3 is 0 Å². The third-order valence-corrected chi connectivity index (χ3v) is 4.79. The number of aromatic nitrogens is 1. The maximum atomic E-state index is 13.4. The van der Waals surface area contributed by atoms with E-state index in [-0.39, 0.29) is 12.5 Å². The van der Waals surface area contributed by atoms with Crippen LogP contribution >= 0.6 is 0 Å². The summed E-state index contributed by atoms with van der Waals surface area (Å²) in [6, 6.07) is 16.6. The molecule has 0 radical (unpaired) electrons. The van der Waals surface area contributed by atoms with Crippen molar-refractivity contribution in [1.82, 2.24) is 9.88 Å².